The second kappa shape index (κ2) is 6.70. The molecule has 0 unspecified atom stereocenters. The zero-order valence-electron chi connectivity index (χ0n) is 12.3. The van der Waals surface area contributed by atoms with Crippen molar-refractivity contribution < 1.29 is 4.79 Å². The van der Waals surface area contributed by atoms with Crippen LogP contribution < -0.4 is 10.6 Å². The molecule has 2 aliphatic rings. The van der Waals surface area contributed by atoms with E-state index >= 15 is 0 Å². The standard InChI is InChI=1S/C16H22N4O/c21-16(17-9-8-12-4-2-1-3-5-12)14-10-15(19-11-18-14)20-13-6-7-13/h4,10-11,13H,1-3,5-9H2,(H,17,21)(H,18,19,20). The third-order valence-corrected chi connectivity index (χ3v) is 3.95. The number of carbonyl (C=O) groups is 1. The molecule has 1 saturated carbocycles. The summed E-state index contributed by atoms with van der Waals surface area (Å²) in [6.45, 7) is 0.681. The van der Waals surface area contributed by atoms with Crippen molar-refractivity contribution in [2.24, 2.45) is 0 Å². The molecule has 5 heteroatoms. The molecule has 2 N–H and O–H groups in total. The second-order valence-corrected chi connectivity index (χ2v) is 5.82. The van der Waals surface area contributed by atoms with Gasteiger partial charge in [-0.15, -0.1) is 0 Å². The van der Waals surface area contributed by atoms with Crippen molar-refractivity contribution >= 4 is 11.7 Å². The third kappa shape index (κ3) is 4.28. The first-order valence-corrected chi connectivity index (χ1v) is 7.86. The van der Waals surface area contributed by atoms with E-state index in [1.54, 1.807) is 6.07 Å². The van der Waals surface area contributed by atoms with Crippen LogP contribution in [-0.2, 0) is 0 Å². The Morgan fingerprint density at radius 2 is 2.19 bits per heavy atom. The van der Waals surface area contributed by atoms with Crippen LogP contribution in [0.2, 0.25) is 0 Å². The van der Waals surface area contributed by atoms with Crippen molar-refractivity contribution in [3.8, 4) is 0 Å². The summed E-state index contributed by atoms with van der Waals surface area (Å²) in [6, 6.07) is 2.25. The van der Waals surface area contributed by atoms with Crippen LogP contribution in [0, 0.1) is 0 Å². The molecular weight excluding hydrogens is 264 g/mol. The number of hydrogen-bond acceptors (Lipinski definition) is 4. The zero-order valence-corrected chi connectivity index (χ0v) is 12.3. The largest absolute Gasteiger partial charge is 0.367 e. The van der Waals surface area contributed by atoms with Gasteiger partial charge in [-0.2, -0.15) is 0 Å². The highest BCUT2D eigenvalue weighted by Gasteiger charge is 2.21. The monoisotopic (exact) mass is 286 g/mol. The van der Waals surface area contributed by atoms with Gasteiger partial charge < -0.3 is 10.6 Å². The summed E-state index contributed by atoms with van der Waals surface area (Å²) < 4.78 is 0. The number of rotatable bonds is 6. The number of carbonyl (C=O) groups excluding carboxylic acids is 1. The Labute approximate surface area is 125 Å². The molecule has 1 fully saturated rings. The molecule has 0 bridgehead atoms. The number of aromatic nitrogens is 2. The van der Waals surface area contributed by atoms with Gasteiger partial charge in [-0.25, -0.2) is 9.97 Å². The van der Waals surface area contributed by atoms with E-state index in [4.69, 9.17) is 0 Å². The van der Waals surface area contributed by atoms with E-state index in [9.17, 15) is 4.79 Å². The Kier molecular flexibility index (Phi) is 4.48. The van der Waals surface area contributed by atoms with Crippen LogP contribution in [0.3, 0.4) is 0 Å². The quantitative estimate of drug-likeness (QED) is 0.789. The molecule has 2 aliphatic carbocycles. The van der Waals surface area contributed by atoms with E-state index < -0.39 is 0 Å². The molecule has 0 saturated heterocycles. The fraction of sp³-hybridized carbons (Fsp3) is 0.562. The Hall–Kier alpha value is -1.91. The number of nitrogens with one attached hydrogen (secondary N) is 2. The fourth-order valence-corrected chi connectivity index (χ4v) is 2.56. The lowest BCUT2D eigenvalue weighted by atomic mass is 9.97. The fourth-order valence-electron chi connectivity index (χ4n) is 2.56. The Balaban J connectivity index is 1.48. The number of hydrogen-bond donors (Lipinski definition) is 2. The molecule has 1 aromatic heterocycles. The zero-order chi connectivity index (χ0) is 14.5. The Bertz CT molecular complexity index is 537. The van der Waals surface area contributed by atoms with E-state index in [2.05, 4.69) is 26.7 Å². The summed E-state index contributed by atoms with van der Waals surface area (Å²) in [6.07, 6.45) is 12.0. The molecule has 3 rings (SSSR count). The molecule has 1 heterocycles. The Morgan fingerprint density at radius 3 is 2.95 bits per heavy atom. The van der Waals surface area contributed by atoms with Crippen LogP contribution in [0.25, 0.3) is 0 Å². The predicted molar refractivity (Wildman–Crippen MR) is 82.2 cm³/mol. The summed E-state index contributed by atoms with van der Waals surface area (Å²) in [5.74, 6) is 0.625. The van der Waals surface area contributed by atoms with Crippen molar-refractivity contribution in [2.45, 2.75) is 51.0 Å². The molecule has 1 amide bonds. The maximum atomic E-state index is 12.1. The Morgan fingerprint density at radius 1 is 1.29 bits per heavy atom. The molecule has 21 heavy (non-hydrogen) atoms. The average molecular weight is 286 g/mol. The van der Waals surface area contributed by atoms with E-state index in [1.165, 1.54) is 50.4 Å². The van der Waals surface area contributed by atoms with Crippen LogP contribution in [0.5, 0.6) is 0 Å². The van der Waals surface area contributed by atoms with Gasteiger partial charge in [-0.1, -0.05) is 11.6 Å². The second-order valence-electron chi connectivity index (χ2n) is 5.82. The average Bonchev–Trinajstić information content (AvgIpc) is 3.32. The summed E-state index contributed by atoms with van der Waals surface area (Å²) in [4.78, 5) is 20.3. The number of amides is 1. The molecule has 0 aliphatic heterocycles. The molecule has 0 aromatic carbocycles. The van der Waals surface area contributed by atoms with Gasteiger partial charge in [-0.3, -0.25) is 4.79 Å². The normalized spacial score (nSPS) is 18.0. The molecular formula is C16H22N4O. The predicted octanol–water partition coefficient (Wildman–Crippen LogP) is 2.67. The van der Waals surface area contributed by atoms with Gasteiger partial charge in [0.05, 0.1) is 0 Å². The highest BCUT2D eigenvalue weighted by atomic mass is 16.1. The van der Waals surface area contributed by atoms with Crippen LogP contribution >= 0.6 is 0 Å². The minimum absolute atomic E-state index is 0.118. The minimum Gasteiger partial charge on any atom is -0.367 e. The maximum Gasteiger partial charge on any atom is 0.270 e. The van der Waals surface area contributed by atoms with E-state index in [0.29, 0.717) is 18.3 Å². The van der Waals surface area contributed by atoms with E-state index in [1.807, 2.05) is 0 Å². The highest BCUT2D eigenvalue weighted by Crippen LogP contribution is 2.23. The third-order valence-electron chi connectivity index (χ3n) is 3.95. The number of nitrogens with zero attached hydrogens (tertiary/aromatic N) is 2. The van der Waals surface area contributed by atoms with Gasteiger partial charge in [0.1, 0.15) is 17.8 Å². The van der Waals surface area contributed by atoms with Crippen molar-refractivity contribution in [3.63, 3.8) is 0 Å². The first kappa shape index (κ1) is 14.0. The van der Waals surface area contributed by atoms with E-state index in [-0.39, 0.29) is 5.91 Å². The lowest BCUT2D eigenvalue weighted by molar-refractivity contribution is 0.0949. The van der Waals surface area contributed by atoms with E-state index in [0.717, 1.165) is 12.2 Å². The topological polar surface area (TPSA) is 66.9 Å². The molecule has 112 valence electrons. The summed E-state index contributed by atoms with van der Waals surface area (Å²) in [5, 5.41) is 6.22. The van der Waals surface area contributed by atoms with Crippen LogP contribution in [0.4, 0.5) is 5.82 Å². The van der Waals surface area contributed by atoms with Crippen molar-refractivity contribution in [1.29, 1.82) is 0 Å². The molecule has 0 spiro atoms. The first-order valence-electron chi connectivity index (χ1n) is 7.86. The van der Waals surface area contributed by atoms with Gasteiger partial charge >= 0.3 is 0 Å². The van der Waals surface area contributed by atoms with Crippen molar-refractivity contribution in [1.82, 2.24) is 15.3 Å². The molecule has 0 atom stereocenters. The van der Waals surface area contributed by atoms with Crippen LogP contribution in [-0.4, -0.2) is 28.5 Å². The van der Waals surface area contributed by atoms with Crippen LogP contribution in [0.1, 0.15) is 55.4 Å². The number of anilines is 1. The minimum atomic E-state index is -0.118. The lowest BCUT2D eigenvalue weighted by Gasteiger charge is -2.13. The smallest absolute Gasteiger partial charge is 0.270 e. The molecule has 0 radical (unpaired) electrons. The molecule has 1 aromatic rings. The van der Waals surface area contributed by atoms with Crippen molar-refractivity contribution in [2.75, 3.05) is 11.9 Å². The van der Waals surface area contributed by atoms with Crippen molar-refractivity contribution in [3.05, 3.63) is 29.7 Å². The van der Waals surface area contributed by atoms with Gasteiger partial charge in [0.2, 0.25) is 0 Å². The first-order chi connectivity index (χ1) is 10.3. The highest BCUT2D eigenvalue weighted by molar-refractivity contribution is 5.92. The molecule has 5 nitrogen and oxygen atoms in total. The summed E-state index contributed by atoms with van der Waals surface area (Å²) in [5.41, 5.74) is 1.91. The lowest BCUT2D eigenvalue weighted by Crippen LogP contribution is -2.26. The SMILES string of the molecule is O=C(NCCC1=CCCCC1)c1cc(NC2CC2)ncn1. The number of allylic oxidation sites excluding steroid dienone is 1. The van der Waals surface area contributed by atoms with Gasteiger partial charge in [-0.05, 0) is 44.9 Å². The van der Waals surface area contributed by atoms with Gasteiger partial charge in [0, 0.05) is 18.7 Å². The van der Waals surface area contributed by atoms with Gasteiger partial charge in [0.15, 0.2) is 0 Å². The summed E-state index contributed by atoms with van der Waals surface area (Å²) in [7, 11) is 0. The maximum absolute atomic E-state index is 12.1. The summed E-state index contributed by atoms with van der Waals surface area (Å²) >= 11 is 0. The van der Waals surface area contributed by atoms with Gasteiger partial charge in [0.25, 0.3) is 5.91 Å². The van der Waals surface area contributed by atoms with Crippen LogP contribution in [0.15, 0.2) is 24.0 Å².